The Bertz CT molecular complexity index is 121. The minimum Gasteiger partial charge on any atom is -0.107 e. The predicted octanol–water partition coefficient (Wildman–Crippen LogP) is 2.76. The summed E-state index contributed by atoms with van der Waals surface area (Å²) in [6, 6.07) is 0. The molecular weight excluding hydrogens is 108 g/mol. The van der Waals surface area contributed by atoms with E-state index in [9.17, 15) is 0 Å². The molecule has 0 saturated heterocycles. The first kappa shape index (κ1) is 8.30. The molecule has 0 unspecified atom stereocenters. The molecule has 0 nitrogen and oxygen atoms in total. The minimum atomic E-state index is 1.04. The van der Waals surface area contributed by atoms with Crippen LogP contribution in [0.1, 0.15) is 33.1 Å². The molecule has 50 valence electrons. The molecule has 0 radical (unpaired) electrons. The summed E-state index contributed by atoms with van der Waals surface area (Å²) >= 11 is 0. The molecule has 0 aliphatic rings. The van der Waals surface area contributed by atoms with Crippen molar-refractivity contribution in [2.75, 3.05) is 0 Å². The first-order chi connectivity index (χ1) is 4.41. The molecule has 9 heavy (non-hydrogen) atoms. The van der Waals surface area contributed by atoms with Crippen molar-refractivity contribution >= 4 is 0 Å². The molecule has 0 aliphatic heterocycles. The fraction of sp³-hybridized carbons (Fsp3) is 0.556. The summed E-state index contributed by atoms with van der Waals surface area (Å²) in [5.41, 5.74) is 0. The third kappa shape index (κ3) is 7.30. The van der Waals surface area contributed by atoms with Crippen LogP contribution >= 0.6 is 0 Å². The average Bonchev–Trinajstić information content (AvgIpc) is 1.89. The number of hydrogen-bond acceptors (Lipinski definition) is 0. The highest BCUT2D eigenvalue weighted by molar-refractivity contribution is 4.95. The zero-order valence-electron chi connectivity index (χ0n) is 6.28. The van der Waals surface area contributed by atoms with E-state index in [-0.39, 0.29) is 0 Å². The van der Waals surface area contributed by atoms with Crippen molar-refractivity contribution in [3.63, 3.8) is 0 Å². The Hall–Kier alpha value is -0.700. The fourth-order valence-electron chi connectivity index (χ4n) is 0.600. The van der Waals surface area contributed by atoms with Crippen molar-refractivity contribution in [1.29, 1.82) is 0 Å². The van der Waals surface area contributed by atoms with E-state index in [4.69, 9.17) is 0 Å². The van der Waals surface area contributed by atoms with Crippen LogP contribution in [0.4, 0.5) is 0 Å². The van der Waals surface area contributed by atoms with Gasteiger partial charge in [0.2, 0.25) is 0 Å². The number of unbranched alkanes of at least 4 members (excludes halogenated alkanes) is 2. The van der Waals surface area contributed by atoms with Gasteiger partial charge in [-0.25, -0.2) is 0 Å². The highest BCUT2D eigenvalue weighted by Gasteiger charge is 1.76. The summed E-state index contributed by atoms with van der Waals surface area (Å²) < 4.78 is 0. The van der Waals surface area contributed by atoms with E-state index in [2.05, 4.69) is 24.0 Å². The van der Waals surface area contributed by atoms with Gasteiger partial charge in [-0.15, -0.1) is 11.8 Å². The van der Waals surface area contributed by atoms with E-state index >= 15 is 0 Å². The van der Waals surface area contributed by atoms with Crippen molar-refractivity contribution in [3.05, 3.63) is 12.2 Å². The van der Waals surface area contributed by atoms with E-state index in [1.165, 1.54) is 12.8 Å². The van der Waals surface area contributed by atoms with Gasteiger partial charge in [0.25, 0.3) is 0 Å². The molecule has 0 heterocycles. The molecule has 0 aromatic rings. The van der Waals surface area contributed by atoms with Crippen LogP contribution in [0.25, 0.3) is 0 Å². The Morgan fingerprint density at radius 3 is 2.78 bits per heavy atom. The molecular formula is C9H14. The van der Waals surface area contributed by atoms with E-state index < -0.39 is 0 Å². The van der Waals surface area contributed by atoms with Crippen LogP contribution in [0.3, 0.4) is 0 Å². The molecule has 0 N–H and O–H groups in total. The second-order valence-electron chi connectivity index (χ2n) is 1.89. The molecule has 0 heteroatoms. The second-order valence-corrected chi connectivity index (χ2v) is 1.89. The molecule has 0 fully saturated rings. The Labute approximate surface area is 58.0 Å². The SMILES string of the molecule is CC#CCCC/C=C\C. The van der Waals surface area contributed by atoms with Crippen LogP contribution < -0.4 is 0 Å². The smallest absolute Gasteiger partial charge is 0.00915 e. The molecule has 0 spiro atoms. The van der Waals surface area contributed by atoms with Gasteiger partial charge in [0.1, 0.15) is 0 Å². The zero-order chi connectivity index (χ0) is 6.95. The number of allylic oxidation sites excluding steroid dienone is 2. The lowest BCUT2D eigenvalue weighted by molar-refractivity contribution is 0.884. The van der Waals surface area contributed by atoms with Gasteiger partial charge in [-0.3, -0.25) is 0 Å². The van der Waals surface area contributed by atoms with Gasteiger partial charge in [0, 0.05) is 6.42 Å². The quantitative estimate of drug-likeness (QED) is 0.307. The van der Waals surface area contributed by atoms with Crippen molar-refractivity contribution < 1.29 is 0 Å². The zero-order valence-corrected chi connectivity index (χ0v) is 6.28. The summed E-state index contributed by atoms with van der Waals surface area (Å²) in [5.74, 6) is 5.89. The van der Waals surface area contributed by atoms with Gasteiger partial charge in [-0.2, -0.15) is 0 Å². The highest BCUT2D eigenvalue weighted by atomic mass is 13.8. The Morgan fingerprint density at radius 2 is 2.22 bits per heavy atom. The summed E-state index contributed by atoms with van der Waals surface area (Å²) in [5, 5.41) is 0. The largest absolute Gasteiger partial charge is 0.107 e. The molecule has 0 bridgehead atoms. The third-order valence-electron chi connectivity index (χ3n) is 1.09. The van der Waals surface area contributed by atoms with Crippen LogP contribution in [0.2, 0.25) is 0 Å². The molecule has 0 amide bonds. The maximum atomic E-state index is 3.02. The van der Waals surface area contributed by atoms with Crippen LogP contribution in [-0.2, 0) is 0 Å². The fourth-order valence-corrected chi connectivity index (χ4v) is 0.600. The van der Waals surface area contributed by atoms with Crippen LogP contribution in [-0.4, -0.2) is 0 Å². The molecule has 0 rings (SSSR count). The first-order valence-electron chi connectivity index (χ1n) is 3.42. The average molecular weight is 122 g/mol. The minimum absolute atomic E-state index is 1.04. The summed E-state index contributed by atoms with van der Waals surface area (Å²) in [4.78, 5) is 0. The lowest BCUT2D eigenvalue weighted by atomic mass is 10.2. The molecule has 0 atom stereocenters. The normalized spacial score (nSPS) is 9.11. The Kier molecular flexibility index (Phi) is 6.73. The van der Waals surface area contributed by atoms with Gasteiger partial charge in [0.15, 0.2) is 0 Å². The topological polar surface area (TPSA) is 0 Å². The van der Waals surface area contributed by atoms with Gasteiger partial charge >= 0.3 is 0 Å². The number of rotatable bonds is 3. The van der Waals surface area contributed by atoms with Gasteiger partial charge in [0.05, 0.1) is 0 Å². The molecule has 0 aromatic carbocycles. The van der Waals surface area contributed by atoms with E-state index in [1.54, 1.807) is 0 Å². The maximum Gasteiger partial charge on any atom is 0.00915 e. The van der Waals surface area contributed by atoms with Crippen LogP contribution in [0.5, 0.6) is 0 Å². The maximum absolute atomic E-state index is 3.02. The van der Waals surface area contributed by atoms with Gasteiger partial charge in [-0.1, -0.05) is 12.2 Å². The third-order valence-corrected chi connectivity index (χ3v) is 1.09. The first-order valence-corrected chi connectivity index (χ1v) is 3.42. The molecule has 0 aliphatic carbocycles. The van der Waals surface area contributed by atoms with Crippen molar-refractivity contribution in [3.8, 4) is 11.8 Å². The van der Waals surface area contributed by atoms with Crippen molar-refractivity contribution in [2.24, 2.45) is 0 Å². The molecule has 0 aromatic heterocycles. The highest BCUT2D eigenvalue weighted by Crippen LogP contribution is 1.93. The second kappa shape index (κ2) is 7.30. The van der Waals surface area contributed by atoms with E-state index in [0.29, 0.717) is 0 Å². The lowest BCUT2D eigenvalue weighted by Gasteiger charge is -1.84. The summed E-state index contributed by atoms with van der Waals surface area (Å²) in [6.45, 7) is 3.93. The monoisotopic (exact) mass is 122 g/mol. The summed E-state index contributed by atoms with van der Waals surface area (Å²) in [7, 11) is 0. The van der Waals surface area contributed by atoms with E-state index in [0.717, 1.165) is 6.42 Å². The summed E-state index contributed by atoms with van der Waals surface area (Å²) in [6.07, 6.45) is 7.67. The standard InChI is InChI=1S/C9H14/c1-3-5-7-9-8-6-4-2/h3,5H,7-9H2,1-2H3/b5-3-. The van der Waals surface area contributed by atoms with E-state index in [1.807, 2.05) is 13.8 Å². The van der Waals surface area contributed by atoms with Gasteiger partial charge < -0.3 is 0 Å². The Balaban J connectivity index is 2.97. The molecule has 0 saturated carbocycles. The van der Waals surface area contributed by atoms with Crippen LogP contribution in [0.15, 0.2) is 12.2 Å². The van der Waals surface area contributed by atoms with Crippen LogP contribution in [0, 0.1) is 11.8 Å². The lowest BCUT2D eigenvalue weighted by Crippen LogP contribution is -1.67. The Morgan fingerprint density at radius 1 is 1.44 bits per heavy atom. The van der Waals surface area contributed by atoms with Crippen molar-refractivity contribution in [2.45, 2.75) is 33.1 Å². The predicted molar refractivity (Wildman–Crippen MR) is 42.1 cm³/mol. The van der Waals surface area contributed by atoms with Crippen molar-refractivity contribution in [1.82, 2.24) is 0 Å². The number of hydrogen-bond donors (Lipinski definition) is 0. The van der Waals surface area contributed by atoms with Gasteiger partial charge in [-0.05, 0) is 26.7 Å².